The average Bonchev–Trinajstić information content (AvgIpc) is 3.73. The van der Waals surface area contributed by atoms with Gasteiger partial charge in [-0.3, -0.25) is 0 Å². The summed E-state index contributed by atoms with van der Waals surface area (Å²) >= 11 is 0. The summed E-state index contributed by atoms with van der Waals surface area (Å²) in [5.41, 5.74) is -0.446. The molecule has 0 spiro atoms. The van der Waals surface area contributed by atoms with Gasteiger partial charge < -0.3 is 109 Å². The second-order valence-electron chi connectivity index (χ2n) is 24.4. The Morgan fingerprint density at radius 1 is 0.581 bits per heavy atom. The van der Waals surface area contributed by atoms with Gasteiger partial charge in [-0.2, -0.15) is 0 Å². The SMILES string of the molecule is CC(C)=CCC[C@H](O[C@@H]1O[C@H](CO[C@H]2OC[C@@H](O)[C@H](O)[C@H]2O)[C@@H](O)[C@H](O)[C@H]1O)[C@H]1CC[C@]2(C)[C@@H]1CC[C@@H]1[C@]3(CO)CC[C@@H](O[C@@H]4O[C@H](CO)[C@@H](O)[C@H](O)[C@H]4O[C@@H]4O[C@H](CO)[C@@H](O)[C@H](O)[C@H]4O)C(C)(C)[C@H]3CC[C@]12C. The first-order chi connectivity index (χ1) is 34.9. The van der Waals surface area contributed by atoms with Crippen LogP contribution in [0.15, 0.2) is 11.6 Å². The van der Waals surface area contributed by atoms with Gasteiger partial charge in [-0.1, -0.05) is 39.3 Å². The van der Waals surface area contributed by atoms with E-state index in [9.17, 15) is 71.5 Å². The third-order valence-corrected chi connectivity index (χ3v) is 20.0. The Morgan fingerprint density at radius 2 is 1.18 bits per heavy atom. The number of fused-ring (bicyclic) bond motifs is 5. The summed E-state index contributed by atoms with van der Waals surface area (Å²) in [5, 5.41) is 150. The van der Waals surface area contributed by atoms with Crippen molar-refractivity contribution < 1.29 is 109 Å². The van der Waals surface area contributed by atoms with E-state index in [1.165, 1.54) is 0 Å². The van der Waals surface area contributed by atoms with E-state index in [0.29, 0.717) is 25.7 Å². The molecule has 4 aliphatic heterocycles. The van der Waals surface area contributed by atoms with Gasteiger partial charge in [-0.25, -0.2) is 0 Å². The van der Waals surface area contributed by atoms with Crippen LogP contribution in [-0.2, 0) is 37.9 Å². The van der Waals surface area contributed by atoms with Crippen molar-refractivity contribution in [2.45, 2.75) is 235 Å². The van der Waals surface area contributed by atoms with E-state index in [-0.39, 0.29) is 47.7 Å². The van der Waals surface area contributed by atoms with Crippen LogP contribution in [0.4, 0.5) is 0 Å². The number of aliphatic hydroxyl groups is 14. The fraction of sp³-hybridized carbons (Fsp3) is 0.962. The molecule has 0 unspecified atom stereocenters. The third kappa shape index (κ3) is 10.5. The maximum absolute atomic E-state index is 11.8. The highest BCUT2D eigenvalue weighted by molar-refractivity contribution is 5.19. The van der Waals surface area contributed by atoms with Crippen molar-refractivity contribution in [3.63, 3.8) is 0 Å². The smallest absolute Gasteiger partial charge is 0.187 e. The van der Waals surface area contributed by atoms with Crippen LogP contribution in [0, 0.1) is 45.3 Å². The van der Waals surface area contributed by atoms with Gasteiger partial charge in [0.25, 0.3) is 0 Å². The summed E-state index contributed by atoms with van der Waals surface area (Å²) in [6.45, 7) is 10.9. The van der Waals surface area contributed by atoms with E-state index in [4.69, 9.17) is 37.9 Å². The van der Waals surface area contributed by atoms with Gasteiger partial charge in [0.05, 0.1) is 38.6 Å². The summed E-state index contributed by atoms with van der Waals surface area (Å²) in [6, 6.07) is 0. The van der Waals surface area contributed by atoms with Crippen LogP contribution in [-0.4, -0.2) is 233 Å². The zero-order chi connectivity index (χ0) is 54.0. The molecule has 0 aromatic heterocycles. The highest BCUT2D eigenvalue weighted by Gasteiger charge is 2.71. The molecule has 8 fully saturated rings. The Hall–Kier alpha value is -1.14. The van der Waals surface area contributed by atoms with Gasteiger partial charge >= 0.3 is 0 Å². The molecule has 74 heavy (non-hydrogen) atoms. The largest absolute Gasteiger partial charge is 0.396 e. The first-order valence-corrected chi connectivity index (χ1v) is 27.0. The number of hydrogen-bond acceptors (Lipinski definition) is 22. The average molecular weight is 1070 g/mol. The molecule has 28 atom stereocenters. The van der Waals surface area contributed by atoms with Crippen molar-refractivity contribution in [3.05, 3.63) is 11.6 Å². The van der Waals surface area contributed by atoms with Gasteiger partial charge in [-0.15, -0.1) is 0 Å². The first kappa shape index (κ1) is 59.0. The number of ether oxygens (including phenoxy) is 8. The van der Waals surface area contributed by atoms with Gasteiger partial charge in [0, 0.05) is 12.0 Å². The summed E-state index contributed by atoms with van der Waals surface area (Å²) in [7, 11) is 0. The molecule has 0 amide bonds. The zero-order valence-corrected chi connectivity index (χ0v) is 43.6. The Labute approximate surface area is 433 Å². The second kappa shape index (κ2) is 23.1. The third-order valence-electron chi connectivity index (χ3n) is 20.0. The van der Waals surface area contributed by atoms with E-state index in [0.717, 1.165) is 44.1 Å². The Kier molecular flexibility index (Phi) is 18.5. The van der Waals surface area contributed by atoms with Crippen LogP contribution >= 0.6 is 0 Å². The van der Waals surface area contributed by atoms with Gasteiger partial charge in [-0.05, 0) is 118 Å². The van der Waals surface area contributed by atoms with Crippen molar-refractivity contribution in [1.82, 2.24) is 0 Å². The minimum Gasteiger partial charge on any atom is -0.396 e. The molecule has 0 radical (unpaired) electrons. The monoisotopic (exact) mass is 1060 g/mol. The van der Waals surface area contributed by atoms with Crippen molar-refractivity contribution in [2.75, 3.05) is 33.0 Å². The van der Waals surface area contributed by atoms with E-state index in [1.54, 1.807) is 0 Å². The fourth-order valence-corrected chi connectivity index (χ4v) is 15.6. The molecule has 4 aliphatic carbocycles. The molecule has 22 heteroatoms. The number of aliphatic hydroxyl groups excluding tert-OH is 14. The van der Waals surface area contributed by atoms with Crippen molar-refractivity contribution in [2.24, 2.45) is 45.3 Å². The second-order valence-corrected chi connectivity index (χ2v) is 24.4. The predicted molar refractivity (Wildman–Crippen MR) is 256 cm³/mol. The van der Waals surface area contributed by atoms with Crippen LogP contribution < -0.4 is 0 Å². The molecule has 0 aromatic rings. The number of rotatable bonds is 16. The topological polar surface area (TPSA) is 357 Å². The molecule has 8 aliphatic rings. The van der Waals surface area contributed by atoms with Crippen LogP contribution in [0.25, 0.3) is 0 Å². The number of allylic oxidation sites excluding steroid dienone is 2. The maximum Gasteiger partial charge on any atom is 0.187 e. The van der Waals surface area contributed by atoms with E-state index >= 15 is 0 Å². The van der Waals surface area contributed by atoms with Gasteiger partial charge in [0.1, 0.15) is 91.6 Å². The van der Waals surface area contributed by atoms with E-state index < -0.39 is 160 Å². The molecule has 14 N–H and O–H groups in total. The number of hydrogen-bond donors (Lipinski definition) is 14. The molecular weight excluding hydrogens is 977 g/mol. The lowest BCUT2D eigenvalue weighted by atomic mass is 9.35. The lowest BCUT2D eigenvalue weighted by Crippen LogP contribution is -2.67. The molecule has 4 heterocycles. The van der Waals surface area contributed by atoms with Gasteiger partial charge in [0.2, 0.25) is 0 Å². The molecular formula is C52H88O22. The quantitative estimate of drug-likeness (QED) is 0.0590. The van der Waals surface area contributed by atoms with Gasteiger partial charge in [0.15, 0.2) is 25.2 Å². The Balaban J connectivity index is 0.992. The van der Waals surface area contributed by atoms with Crippen molar-refractivity contribution in [3.8, 4) is 0 Å². The Morgan fingerprint density at radius 3 is 1.82 bits per heavy atom. The van der Waals surface area contributed by atoms with E-state index in [1.807, 2.05) is 13.8 Å². The molecule has 8 rings (SSSR count). The van der Waals surface area contributed by atoms with E-state index in [2.05, 4.69) is 33.8 Å². The Bertz CT molecular complexity index is 1870. The summed E-state index contributed by atoms with van der Waals surface area (Å²) in [5.74, 6) is 0.239. The summed E-state index contributed by atoms with van der Waals surface area (Å²) in [6.07, 6.45) is -20.6. The van der Waals surface area contributed by atoms with Crippen LogP contribution in [0.1, 0.15) is 106 Å². The standard InChI is InChI=1S/C52H88O22/c1-23(2)8-7-9-27(69-46-42(65)39(62)37(60)30(72-46)21-68-45-41(64)34(57)26(56)20-67-45)24-12-15-50(5)25(24)10-11-32-51(50,6)16-13-31-49(3,4)33(14-17-52(31,32)22-55)73-48-44(40(63)36(59)29(19-54)71-48)74-47-43(66)38(61)35(58)28(18-53)70-47/h8,24-48,53-66H,7,9-22H2,1-6H3/t24-,25+,26+,27-,28+,29+,30+,31+,32-,33+,34-,35+,36+,37+,38-,39-,40-,41+,42+,43+,44+,45+,46+,47-,48-,50+,51+,52-/m0/s1. The summed E-state index contributed by atoms with van der Waals surface area (Å²) in [4.78, 5) is 0. The molecule has 4 saturated heterocycles. The molecule has 0 bridgehead atoms. The van der Waals surface area contributed by atoms with Crippen LogP contribution in [0.5, 0.6) is 0 Å². The highest BCUT2D eigenvalue weighted by atomic mass is 16.8. The lowest BCUT2D eigenvalue weighted by molar-refractivity contribution is -0.379. The molecule has 0 aromatic carbocycles. The first-order valence-electron chi connectivity index (χ1n) is 27.0. The molecule has 4 saturated carbocycles. The predicted octanol–water partition coefficient (Wildman–Crippen LogP) is -1.95. The zero-order valence-electron chi connectivity index (χ0n) is 43.6. The fourth-order valence-electron chi connectivity index (χ4n) is 15.6. The molecule has 428 valence electrons. The normalized spacial score (nSPS) is 51.8. The maximum atomic E-state index is 11.8. The lowest BCUT2D eigenvalue weighted by Gasteiger charge is -2.70. The summed E-state index contributed by atoms with van der Waals surface area (Å²) < 4.78 is 48.5. The van der Waals surface area contributed by atoms with Crippen LogP contribution in [0.2, 0.25) is 0 Å². The molecule has 22 nitrogen and oxygen atoms in total. The minimum atomic E-state index is -1.81. The highest BCUT2D eigenvalue weighted by Crippen LogP contribution is 2.75. The minimum absolute atomic E-state index is 0.0187. The van der Waals surface area contributed by atoms with Crippen molar-refractivity contribution >= 4 is 0 Å². The van der Waals surface area contributed by atoms with Crippen molar-refractivity contribution in [1.29, 1.82) is 0 Å². The van der Waals surface area contributed by atoms with Crippen LogP contribution in [0.3, 0.4) is 0 Å².